The summed E-state index contributed by atoms with van der Waals surface area (Å²) in [6.45, 7) is 11.9. The summed E-state index contributed by atoms with van der Waals surface area (Å²) in [4.78, 5) is 9.40. The SMILES string of the molecule is CCN1CCN(c2cc(C)c([C@@H](C)N)cn2)CC1. The highest BCUT2D eigenvalue weighted by Crippen LogP contribution is 2.20. The Morgan fingerprint density at radius 2 is 2.00 bits per heavy atom. The second-order valence-electron chi connectivity index (χ2n) is 5.11. The molecule has 1 atom stereocenters. The maximum Gasteiger partial charge on any atom is 0.128 e. The molecule has 4 heteroatoms. The Morgan fingerprint density at radius 3 is 2.50 bits per heavy atom. The number of anilines is 1. The third-order valence-electron chi connectivity index (χ3n) is 3.77. The van der Waals surface area contributed by atoms with Crippen molar-refractivity contribution in [3.05, 3.63) is 23.4 Å². The number of hydrogen-bond acceptors (Lipinski definition) is 4. The van der Waals surface area contributed by atoms with Gasteiger partial charge < -0.3 is 15.5 Å². The molecule has 18 heavy (non-hydrogen) atoms. The third-order valence-corrected chi connectivity index (χ3v) is 3.77. The van der Waals surface area contributed by atoms with Gasteiger partial charge in [0.2, 0.25) is 0 Å². The minimum absolute atomic E-state index is 0.0588. The monoisotopic (exact) mass is 248 g/mol. The molecule has 1 aliphatic rings. The fourth-order valence-electron chi connectivity index (χ4n) is 2.49. The highest BCUT2D eigenvalue weighted by molar-refractivity contribution is 5.44. The molecule has 1 fully saturated rings. The van der Waals surface area contributed by atoms with Crippen LogP contribution < -0.4 is 10.6 Å². The quantitative estimate of drug-likeness (QED) is 0.881. The van der Waals surface area contributed by atoms with E-state index in [-0.39, 0.29) is 6.04 Å². The normalized spacial score (nSPS) is 19.0. The van der Waals surface area contributed by atoms with E-state index in [1.807, 2.05) is 13.1 Å². The fourth-order valence-corrected chi connectivity index (χ4v) is 2.49. The molecule has 1 saturated heterocycles. The summed E-state index contributed by atoms with van der Waals surface area (Å²) in [6.07, 6.45) is 1.93. The van der Waals surface area contributed by atoms with E-state index < -0.39 is 0 Å². The lowest BCUT2D eigenvalue weighted by molar-refractivity contribution is 0.270. The average Bonchev–Trinajstić information content (AvgIpc) is 2.38. The van der Waals surface area contributed by atoms with Crippen molar-refractivity contribution in [3.63, 3.8) is 0 Å². The van der Waals surface area contributed by atoms with Crippen molar-refractivity contribution in [3.8, 4) is 0 Å². The lowest BCUT2D eigenvalue weighted by Gasteiger charge is -2.35. The molecule has 0 amide bonds. The van der Waals surface area contributed by atoms with Crippen LogP contribution in [0, 0.1) is 6.92 Å². The number of nitrogens with zero attached hydrogens (tertiary/aromatic N) is 3. The highest BCUT2D eigenvalue weighted by atomic mass is 15.3. The van der Waals surface area contributed by atoms with Crippen LogP contribution in [0.5, 0.6) is 0 Å². The van der Waals surface area contributed by atoms with Crippen molar-refractivity contribution < 1.29 is 0 Å². The van der Waals surface area contributed by atoms with Gasteiger partial charge in [0.25, 0.3) is 0 Å². The van der Waals surface area contributed by atoms with Crippen LogP contribution in [0.4, 0.5) is 5.82 Å². The molecule has 1 aromatic rings. The van der Waals surface area contributed by atoms with Crippen molar-refractivity contribution in [2.24, 2.45) is 5.73 Å². The fraction of sp³-hybridized carbons (Fsp3) is 0.643. The van der Waals surface area contributed by atoms with E-state index >= 15 is 0 Å². The van der Waals surface area contributed by atoms with Gasteiger partial charge in [-0.1, -0.05) is 6.92 Å². The van der Waals surface area contributed by atoms with Gasteiger partial charge in [0.05, 0.1) is 0 Å². The van der Waals surface area contributed by atoms with E-state index in [2.05, 4.69) is 34.7 Å². The van der Waals surface area contributed by atoms with Crippen LogP contribution in [-0.4, -0.2) is 42.6 Å². The number of aryl methyl sites for hydroxylation is 1. The molecule has 0 aliphatic carbocycles. The zero-order valence-electron chi connectivity index (χ0n) is 11.7. The Labute approximate surface area is 110 Å². The summed E-state index contributed by atoms with van der Waals surface area (Å²) in [5, 5.41) is 0. The molecule has 4 nitrogen and oxygen atoms in total. The number of likely N-dealkylation sites (N-methyl/N-ethyl adjacent to an activating group) is 1. The van der Waals surface area contributed by atoms with E-state index in [9.17, 15) is 0 Å². The van der Waals surface area contributed by atoms with Crippen LogP contribution in [0.1, 0.15) is 31.0 Å². The van der Waals surface area contributed by atoms with Crippen LogP contribution >= 0.6 is 0 Å². The number of aromatic nitrogens is 1. The number of piperazine rings is 1. The van der Waals surface area contributed by atoms with Crippen LogP contribution in [0.15, 0.2) is 12.3 Å². The second kappa shape index (κ2) is 5.67. The van der Waals surface area contributed by atoms with Crippen molar-refractivity contribution in [1.82, 2.24) is 9.88 Å². The summed E-state index contributed by atoms with van der Waals surface area (Å²) in [5.74, 6) is 1.09. The topological polar surface area (TPSA) is 45.4 Å². The summed E-state index contributed by atoms with van der Waals surface area (Å²) >= 11 is 0. The minimum Gasteiger partial charge on any atom is -0.354 e. The van der Waals surface area contributed by atoms with Crippen molar-refractivity contribution in [2.75, 3.05) is 37.6 Å². The van der Waals surface area contributed by atoms with Gasteiger partial charge in [0, 0.05) is 38.4 Å². The average molecular weight is 248 g/mol. The zero-order valence-corrected chi connectivity index (χ0v) is 11.7. The predicted molar refractivity (Wildman–Crippen MR) is 75.9 cm³/mol. The molecule has 2 heterocycles. The first-order chi connectivity index (χ1) is 8.61. The molecule has 0 saturated carbocycles. The molecule has 0 aromatic carbocycles. The molecule has 0 bridgehead atoms. The Morgan fingerprint density at radius 1 is 1.33 bits per heavy atom. The van der Waals surface area contributed by atoms with Gasteiger partial charge in [0.15, 0.2) is 0 Å². The number of hydrogen-bond donors (Lipinski definition) is 1. The smallest absolute Gasteiger partial charge is 0.128 e. The molecule has 2 N–H and O–H groups in total. The molecule has 100 valence electrons. The lowest BCUT2D eigenvalue weighted by atomic mass is 10.1. The van der Waals surface area contributed by atoms with Gasteiger partial charge in [-0.25, -0.2) is 4.98 Å². The molecule has 0 spiro atoms. The van der Waals surface area contributed by atoms with Crippen molar-refractivity contribution in [1.29, 1.82) is 0 Å². The van der Waals surface area contributed by atoms with Gasteiger partial charge >= 0.3 is 0 Å². The van der Waals surface area contributed by atoms with Crippen molar-refractivity contribution >= 4 is 5.82 Å². The van der Waals surface area contributed by atoms with Gasteiger partial charge in [-0.2, -0.15) is 0 Å². The van der Waals surface area contributed by atoms with Gasteiger partial charge in [0.1, 0.15) is 5.82 Å². The minimum atomic E-state index is 0.0588. The standard InChI is InChI=1S/C14H24N4/c1-4-17-5-7-18(8-6-17)14-9-11(2)13(10-16-14)12(3)15/h9-10,12H,4-8,15H2,1-3H3/t12-/m1/s1. The van der Waals surface area contributed by atoms with Gasteiger partial charge in [-0.05, 0) is 37.6 Å². The number of rotatable bonds is 3. The van der Waals surface area contributed by atoms with E-state index in [1.54, 1.807) is 0 Å². The summed E-state index contributed by atoms with van der Waals surface area (Å²) in [6, 6.07) is 2.23. The van der Waals surface area contributed by atoms with Crippen LogP contribution in [-0.2, 0) is 0 Å². The predicted octanol–water partition coefficient (Wildman–Crippen LogP) is 1.55. The Balaban J connectivity index is 2.08. The maximum absolute atomic E-state index is 5.92. The molecular formula is C14H24N4. The largest absolute Gasteiger partial charge is 0.354 e. The maximum atomic E-state index is 5.92. The molecule has 1 aliphatic heterocycles. The molecular weight excluding hydrogens is 224 g/mol. The van der Waals surface area contributed by atoms with Crippen LogP contribution in [0.25, 0.3) is 0 Å². The van der Waals surface area contributed by atoms with Crippen LogP contribution in [0.3, 0.4) is 0 Å². The van der Waals surface area contributed by atoms with E-state index in [0.717, 1.165) is 44.1 Å². The first-order valence-electron chi connectivity index (χ1n) is 6.81. The molecule has 0 radical (unpaired) electrons. The third kappa shape index (κ3) is 2.82. The first-order valence-corrected chi connectivity index (χ1v) is 6.81. The Hall–Kier alpha value is -1.13. The Bertz CT molecular complexity index is 395. The first kappa shape index (κ1) is 13.3. The van der Waals surface area contributed by atoms with Crippen LogP contribution in [0.2, 0.25) is 0 Å². The molecule has 2 rings (SSSR count). The highest BCUT2D eigenvalue weighted by Gasteiger charge is 2.17. The van der Waals surface area contributed by atoms with Gasteiger partial charge in [-0.15, -0.1) is 0 Å². The number of nitrogens with two attached hydrogens (primary N) is 1. The Kier molecular flexibility index (Phi) is 4.19. The summed E-state index contributed by atoms with van der Waals surface area (Å²) in [7, 11) is 0. The van der Waals surface area contributed by atoms with E-state index in [0.29, 0.717) is 0 Å². The van der Waals surface area contributed by atoms with E-state index in [4.69, 9.17) is 5.73 Å². The molecule has 1 aromatic heterocycles. The summed E-state index contributed by atoms with van der Waals surface area (Å²) in [5.41, 5.74) is 8.31. The molecule has 0 unspecified atom stereocenters. The lowest BCUT2D eigenvalue weighted by Crippen LogP contribution is -2.46. The second-order valence-corrected chi connectivity index (χ2v) is 5.11. The van der Waals surface area contributed by atoms with Crippen molar-refractivity contribution in [2.45, 2.75) is 26.8 Å². The zero-order chi connectivity index (χ0) is 13.1. The van der Waals surface area contributed by atoms with Gasteiger partial charge in [-0.3, -0.25) is 0 Å². The number of pyridine rings is 1. The summed E-state index contributed by atoms with van der Waals surface area (Å²) < 4.78 is 0. The van der Waals surface area contributed by atoms with E-state index in [1.165, 1.54) is 5.56 Å².